The van der Waals surface area contributed by atoms with Gasteiger partial charge in [-0.2, -0.15) is 0 Å². The van der Waals surface area contributed by atoms with Crippen LogP contribution in [0.1, 0.15) is 22.5 Å². The molecular weight excluding hydrogens is 212 g/mol. The van der Waals surface area contributed by atoms with E-state index in [0.29, 0.717) is 17.2 Å². The predicted octanol–water partition coefficient (Wildman–Crippen LogP) is 1.24. The van der Waals surface area contributed by atoms with Gasteiger partial charge in [0.1, 0.15) is 4.88 Å². The maximum Gasteiger partial charge on any atom is 0.263 e. The molecule has 0 saturated carbocycles. The zero-order valence-corrected chi connectivity index (χ0v) is 9.18. The van der Waals surface area contributed by atoms with Gasteiger partial charge in [0.2, 0.25) is 0 Å². The van der Waals surface area contributed by atoms with Gasteiger partial charge in [0, 0.05) is 6.61 Å². The number of rotatable bonds is 2. The number of carbonyl (C=O) groups is 1. The van der Waals surface area contributed by atoms with E-state index in [4.69, 9.17) is 10.5 Å². The van der Waals surface area contributed by atoms with Gasteiger partial charge >= 0.3 is 0 Å². The van der Waals surface area contributed by atoms with E-state index in [1.54, 1.807) is 6.07 Å². The first kappa shape index (κ1) is 10.4. The van der Waals surface area contributed by atoms with Crippen molar-refractivity contribution in [2.24, 2.45) is 0 Å². The van der Waals surface area contributed by atoms with Crippen LogP contribution in [-0.2, 0) is 4.74 Å². The summed E-state index contributed by atoms with van der Waals surface area (Å²) >= 11 is 1.37. The number of nitrogen functional groups attached to an aromatic ring is 1. The molecule has 1 fully saturated rings. The molecule has 2 heterocycles. The van der Waals surface area contributed by atoms with Crippen LogP contribution in [0.2, 0.25) is 0 Å². The predicted molar refractivity (Wildman–Crippen MR) is 60.0 cm³/mol. The molecule has 0 aliphatic carbocycles. The lowest BCUT2D eigenvalue weighted by Crippen LogP contribution is -2.40. The van der Waals surface area contributed by atoms with Crippen molar-refractivity contribution in [1.82, 2.24) is 5.32 Å². The highest BCUT2D eigenvalue weighted by Gasteiger charge is 2.18. The van der Waals surface area contributed by atoms with Crippen molar-refractivity contribution in [1.29, 1.82) is 0 Å². The molecule has 15 heavy (non-hydrogen) atoms. The van der Waals surface area contributed by atoms with Crippen molar-refractivity contribution in [2.75, 3.05) is 18.9 Å². The average molecular weight is 226 g/mol. The van der Waals surface area contributed by atoms with E-state index in [-0.39, 0.29) is 11.9 Å². The fraction of sp³-hybridized carbons (Fsp3) is 0.500. The number of nitrogens with one attached hydrogen (secondary N) is 1. The highest BCUT2D eigenvalue weighted by Crippen LogP contribution is 2.19. The Hall–Kier alpha value is -1.07. The third-order valence-electron chi connectivity index (χ3n) is 2.40. The minimum Gasteiger partial charge on any atom is -0.397 e. The van der Waals surface area contributed by atoms with Crippen LogP contribution in [0.25, 0.3) is 0 Å². The van der Waals surface area contributed by atoms with Crippen LogP contribution < -0.4 is 11.1 Å². The van der Waals surface area contributed by atoms with Crippen LogP contribution >= 0.6 is 11.3 Å². The molecule has 1 saturated heterocycles. The van der Waals surface area contributed by atoms with Gasteiger partial charge in [-0.25, -0.2) is 0 Å². The lowest BCUT2D eigenvalue weighted by Gasteiger charge is -2.22. The molecule has 5 heteroatoms. The van der Waals surface area contributed by atoms with Crippen molar-refractivity contribution >= 4 is 22.9 Å². The second-order valence-corrected chi connectivity index (χ2v) is 4.51. The number of hydrogen-bond acceptors (Lipinski definition) is 4. The first-order chi connectivity index (χ1) is 7.27. The first-order valence-corrected chi connectivity index (χ1v) is 5.87. The molecule has 0 spiro atoms. The minimum atomic E-state index is -0.0852. The molecule has 0 aromatic carbocycles. The third kappa shape index (κ3) is 2.49. The second-order valence-electron chi connectivity index (χ2n) is 3.59. The average Bonchev–Trinajstić information content (AvgIpc) is 2.66. The molecule has 1 aromatic rings. The summed E-state index contributed by atoms with van der Waals surface area (Å²) in [6.07, 6.45) is 1.99. The summed E-state index contributed by atoms with van der Waals surface area (Å²) < 4.78 is 5.29. The van der Waals surface area contributed by atoms with Gasteiger partial charge in [0.15, 0.2) is 0 Å². The van der Waals surface area contributed by atoms with E-state index in [9.17, 15) is 4.79 Å². The number of thiophene rings is 1. The van der Waals surface area contributed by atoms with Crippen LogP contribution in [0, 0.1) is 0 Å². The largest absolute Gasteiger partial charge is 0.397 e. The third-order valence-corrected chi connectivity index (χ3v) is 3.33. The molecule has 3 N–H and O–H groups in total. The van der Waals surface area contributed by atoms with Crippen molar-refractivity contribution < 1.29 is 9.53 Å². The smallest absolute Gasteiger partial charge is 0.263 e. The standard InChI is InChI=1S/C10H14N2O2S/c11-8-3-5-15-9(8)10(13)12-7-2-1-4-14-6-7/h3,5,7H,1-2,4,6,11H2,(H,12,13). The number of amides is 1. The molecule has 2 rings (SSSR count). The first-order valence-electron chi connectivity index (χ1n) is 4.99. The van der Waals surface area contributed by atoms with Crippen LogP contribution in [0.15, 0.2) is 11.4 Å². The van der Waals surface area contributed by atoms with Crippen LogP contribution in [0.3, 0.4) is 0 Å². The van der Waals surface area contributed by atoms with Gasteiger partial charge in [-0.3, -0.25) is 4.79 Å². The summed E-state index contributed by atoms with van der Waals surface area (Å²) in [5.74, 6) is -0.0852. The Morgan fingerprint density at radius 1 is 1.67 bits per heavy atom. The van der Waals surface area contributed by atoms with Gasteiger partial charge in [-0.15, -0.1) is 11.3 Å². The van der Waals surface area contributed by atoms with Crippen LogP contribution in [0.4, 0.5) is 5.69 Å². The van der Waals surface area contributed by atoms with E-state index in [1.165, 1.54) is 11.3 Å². The van der Waals surface area contributed by atoms with E-state index in [2.05, 4.69) is 5.32 Å². The lowest BCUT2D eigenvalue weighted by atomic mass is 10.1. The lowest BCUT2D eigenvalue weighted by molar-refractivity contribution is 0.0626. The maximum absolute atomic E-state index is 11.8. The van der Waals surface area contributed by atoms with Crippen molar-refractivity contribution in [3.63, 3.8) is 0 Å². The Kier molecular flexibility index (Phi) is 3.23. The Labute approximate surface area is 92.4 Å². The van der Waals surface area contributed by atoms with Gasteiger partial charge in [0.25, 0.3) is 5.91 Å². The Bertz CT molecular complexity index is 345. The molecule has 1 atom stereocenters. The Morgan fingerprint density at radius 3 is 3.13 bits per heavy atom. The fourth-order valence-electron chi connectivity index (χ4n) is 1.61. The van der Waals surface area contributed by atoms with E-state index < -0.39 is 0 Å². The summed E-state index contributed by atoms with van der Waals surface area (Å²) in [4.78, 5) is 12.4. The zero-order chi connectivity index (χ0) is 10.7. The fourth-order valence-corrected chi connectivity index (χ4v) is 2.33. The Balaban J connectivity index is 1.94. The molecule has 1 aromatic heterocycles. The summed E-state index contributed by atoms with van der Waals surface area (Å²) in [6.45, 7) is 1.41. The van der Waals surface area contributed by atoms with E-state index in [1.807, 2.05) is 5.38 Å². The number of ether oxygens (including phenoxy) is 1. The van der Waals surface area contributed by atoms with E-state index in [0.717, 1.165) is 19.4 Å². The summed E-state index contributed by atoms with van der Waals surface area (Å²) in [6, 6.07) is 1.88. The molecule has 1 aliphatic heterocycles. The summed E-state index contributed by atoms with van der Waals surface area (Å²) in [5, 5.41) is 4.75. The highest BCUT2D eigenvalue weighted by atomic mass is 32.1. The highest BCUT2D eigenvalue weighted by molar-refractivity contribution is 7.12. The Morgan fingerprint density at radius 2 is 2.53 bits per heavy atom. The van der Waals surface area contributed by atoms with Crippen LogP contribution in [-0.4, -0.2) is 25.2 Å². The summed E-state index contributed by atoms with van der Waals surface area (Å²) in [7, 11) is 0. The quantitative estimate of drug-likeness (QED) is 0.797. The maximum atomic E-state index is 11.8. The minimum absolute atomic E-state index is 0.0852. The summed E-state index contributed by atoms with van der Waals surface area (Å²) in [5.41, 5.74) is 6.22. The topological polar surface area (TPSA) is 64.4 Å². The SMILES string of the molecule is Nc1ccsc1C(=O)NC1CCCOC1. The zero-order valence-electron chi connectivity index (χ0n) is 8.36. The van der Waals surface area contributed by atoms with Gasteiger partial charge < -0.3 is 15.8 Å². The number of anilines is 1. The van der Waals surface area contributed by atoms with Gasteiger partial charge in [0.05, 0.1) is 18.3 Å². The van der Waals surface area contributed by atoms with Crippen molar-refractivity contribution in [2.45, 2.75) is 18.9 Å². The van der Waals surface area contributed by atoms with Crippen molar-refractivity contribution in [3.8, 4) is 0 Å². The van der Waals surface area contributed by atoms with Gasteiger partial charge in [-0.1, -0.05) is 0 Å². The monoisotopic (exact) mass is 226 g/mol. The second kappa shape index (κ2) is 4.63. The molecule has 0 radical (unpaired) electrons. The molecule has 0 bridgehead atoms. The van der Waals surface area contributed by atoms with Crippen LogP contribution in [0.5, 0.6) is 0 Å². The molecule has 4 nitrogen and oxygen atoms in total. The number of hydrogen-bond donors (Lipinski definition) is 2. The molecular formula is C10H14N2O2S. The molecule has 1 amide bonds. The van der Waals surface area contributed by atoms with Gasteiger partial charge in [-0.05, 0) is 24.3 Å². The molecule has 1 aliphatic rings. The molecule has 82 valence electrons. The number of carbonyl (C=O) groups excluding carboxylic acids is 1. The normalized spacial score (nSPS) is 21.2. The number of nitrogens with two attached hydrogens (primary N) is 1. The van der Waals surface area contributed by atoms with E-state index >= 15 is 0 Å². The van der Waals surface area contributed by atoms with Crippen molar-refractivity contribution in [3.05, 3.63) is 16.3 Å². The molecule has 1 unspecified atom stereocenters.